The molecule has 2 heteroatoms. The second kappa shape index (κ2) is 5.07. The van der Waals surface area contributed by atoms with E-state index in [1.54, 1.807) is 7.11 Å². The van der Waals surface area contributed by atoms with Crippen molar-refractivity contribution in [3.05, 3.63) is 11.6 Å². The van der Waals surface area contributed by atoms with Crippen molar-refractivity contribution in [3.8, 4) is 0 Å². The Morgan fingerprint density at radius 1 is 1.39 bits per heavy atom. The zero-order valence-electron chi connectivity index (χ0n) is 12.5. The van der Waals surface area contributed by atoms with Gasteiger partial charge in [0.2, 0.25) is 0 Å². The molecule has 3 atom stereocenters. The van der Waals surface area contributed by atoms with Crippen LogP contribution in [0.5, 0.6) is 0 Å². The Balaban J connectivity index is 2.43. The molecule has 0 amide bonds. The molecule has 1 fully saturated rings. The van der Waals surface area contributed by atoms with Crippen LogP contribution in [-0.2, 0) is 4.84 Å². The molecular weight excluding hydrogens is 222 g/mol. The van der Waals surface area contributed by atoms with Crippen molar-refractivity contribution in [1.29, 1.82) is 0 Å². The molecule has 18 heavy (non-hydrogen) atoms. The lowest BCUT2D eigenvalue weighted by atomic mass is 9.60. The summed E-state index contributed by atoms with van der Waals surface area (Å²) >= 11 is 0. The maximum atomic E-state index is 5.19. The van der Waals surface area contributed by atoms with Crippen molar-refractivity contribution >= 4 is 5.71 Å². The van der Waals surface area contributed by atoms with E-state index >= 15 is 0 Å². The average molecular weight is 249 g/mol. The first-order valence-electron chi connectivity index (χ1n) is 7.31. The number of rotatable bonds is 2. The highest BCUT2D eigenvalue weighted by Crippen LogP contribution is 2.51. The summed E-state index contributed by atoms with van der Waals surface area (Å²) in [5, 5.41) is 4.48. The molecule has 2 aliphatic rings. The molecule has 2 nitrogen and oxygen atoms in total. The molecule has 0 heterocycles. The summed E-state index contributed by atoms with van der Waals surface area (Å²) in [4.78, 5) is 5.19. The molecular formula is C16H27NO. The van der Waals surface area contributed by atoms with Gasteiger partial charge in [0, 0.05) is 11.3 Å². The Morgan fingerprint density at radius 3 is 2.61 bits per heavy atom. The van der Waals surface area contributed by atoms with Crippen LogP contribution in [0, 0.1) is 23.2 Å². The van der Waals surface area contributed by atoms with Crippen molar-refractivity contribution < 1.29 is 4.84 Å². The zero-order valence-corrected chi connectivity index (χ0v) is 12.5. The molecule has 102 valence electrons. The molecule has 1 spiro atoms. The van der Waals surface area contributed by atoms with Gasteiger partial charge in [0.15, 0.2) is 0 Å². The van der Waals surface area contributed by atoms with Gasteiger partial charge in [-0.25, -0.2) is 0 Å². The third kappa shape index (κ3) is 2.10. The van der Waals surface area contributed by atoms with Gasteiger partial charge in [-0.05, 0) is 44.4 Å². The van der Waals surface area contributed by atoms with Crippen molar-refractivity contribution in [1.82, 2.24) is 0 Å². The summed E-state index contributed by atoms with van der Waals surface area (Å²) in [6, 6.07) is 0. The Morgan fingerprint density at radius 2 is 2.11 bits per heavy atom. The molecule has 0 aliphatic heterocycles. The minimum absolute atomic E-state index is 0.188. The van der Waals surface area contributed by atoms with Crippen LogP contribution in [0.3, 0.4) is 0 Å². The second-order valence-corrected chi connectivity index (χ2v) is 6.52. The molecule has 1 unspecified atom stereocenters. The Hall–Kier alpha value is -0.790. The van der Waals surface area contributed by atoms with Gasteiger partial charge < -0.3 is 4.84 Å². The molecule has 0 aromatic heterocycles. The largest absolute Gasteiger partial charge is 0.399 e. The minimum atomic E-state index is 0.188. The first-order chi connectivity index (χ1) is 8.51. The van der Waals surface area contributed by atoms with Crippen molar-refractivity contribution in [2.24, 2.45) is 28.3 Å². The van der Waals surface area contributed by atoms with E-state index in [1.165, 1.54) is 37.0 Å². The van der Waals surface area contributed by atoms with E-state index in [2.05, 4.69) is 38.9 Å². The summed E-state index contributed by atoms with van der Waals surface area (Å²) in [5.74, 6) is 1.93. The maximum absolute atomic E-state index is 5.19. The quantitative estimate of drug-likeness (QED) is 0.524. The van der Waals surface area contributed by atoms with Gasteiger partial charge in [-0.15, -0.1) is 0 Å². The highest BCUT2D eigenvalue weighted by Gasteiger charge is 2.48. The fourth-order valence-corrected chi connectivity index (χ4v) is 3.90. The SMILES string of the molecule is CO/N=C1\C(C(C)C)CC[C@@H](C)[C@]12C=C(C)CC2. The first kappa shape index (κ1) is 13.6. The van der Waals surface area contributed by atoms with E-state index in [9.17, 15) is 0 Å². The Labute approximate surface area is 111 Å². The van der Waals surface area contributed by atoms with Crippen LogP contribution >= 0.6 is 0 Å². The molecule has 2 rings (SSSR count). The summed E-state index contributed by atoms with van der Waals surface area (Å²) in [5.41, 5.74) is 3.03. The summed E-state index contributed by atoms with van der Waals surface area (Å²) in [7, 11) is 1.68. The van der Waals surface area contributed by atoms with Gasteiger partial charge in [0.05, 0.1) is 5.71 Å². The van der Waals surface area contributed by atoms with Crippen molar-refractivity contribution in [3.63, 3.8) is 0 Å². The maximum Gasteiger partial charge on any atom is 0.106 e. The van der Waals surface area contributed by atoms with Gasteiger partial charge in [0.1, 0.15) is 7.11 Å². The second-order valence-electron chi connectivity index (χ2n) is 6.52. The van der Waals surface area contributed by atoms with Crippen LogP contribution < -0.4 is 0 Å². The molecule has 0 aromatic rings. The topological polar surface area (TPSA) is 21.6 Å². The fourth-order valence-electron chi connectivity index (χ4n) is 3.90. The van der Waals surface area contributed by atoms with Crippen molar-refractivity contribution in [2.45, 2.75) is 53.4 Å². The Bertz CT molecular complexity index is 369. The third-order valence-corrected chi connectivity index (χ3v) is 5.05. The van der Waals surface area contributed by atoms with Crippen LogP contribution in [0.25, 0.3) is 0 Å². The molecule has 0 N–H and O–H groups in total. The highest BCUT2D eigenvalue weighted by atomic mass is 16.6. The monoisotopic (exact) mass is 249 g/mol. The molecule has 2 aliphatic carbocycles. The number of allylic oxidation sites excluding steroid dienone is 2. The van der Waals surface area contributed by atoms with Crippen LogP contribution in [0.1, 0.15) is 53.4 Å². The first-order valence-corrected chi connectivity index (χ1v) is 7.31. The molecule has 0 radical (unpaired) electrons. The van der Waals surface area contributed by atoms with E-state index in [-0.39, 0.29) is 5.41 Å². The van der Waals surface area contributed by atoms with E-state index in [0.717, 1.165) is 0 Å². The van der Waals surface area contributed by atoms with Crippen LogP contribution in [0.4, 0.5) is 0 Å². The summed E-state index contributed by atoms with van der Waals surface area (Å²) < 4.78 is 0. The number of hydrogen-bond donors (Lipinski definition) is 0. The normalized spacial score (nSPS) is 38.6. The summed E-state index contributed by atoms with van der Waals surface area (Å²) in [6.45, 7) is 9.26. The smallest absolute Gasteiger partial charge is 0.106 e. The lowest BCUT2D eigenvalue weighted by Crippen LogP contribution is -2.44. The van der Waals surface area contributed by atoms with E-state index in [4.69, 9.17) is 4.84 Å². The zero-order chi connectivity index (χ0) is 13.3. The lowest BCUT2D eigenvalue weighted by molar-refractivity contribution is 0.179. The van der Waals surface area contributed by atoms with Gasteiger partial charge in [-0.2, -0.15) is 0 Å². The molecule has 0 bridgehead atoms. The van der Waals surface area contributed by atoms with Crippen LogP contribution in [-0.4, -0.2) is 12.8 Å². The highest BCUT2D eigenvalue weighted by molar-refractivity contribution is 5.95. The predicted octanol–water partition coefficient (Wildman–Crippen LogP) is 4.42. The van der Waals surface area contributed by atoms with Gasteiger partial charge in [0.25, 0.3) is 0 Å². The molecule has 0 aromatic carbocycles. The minimum Gasteiger partial charge on any atom is -0.399 e. The number of oxime groups is 1. The van der Waals surface area contributed by atoms with Gasteiger partial charge in [-0.1, -0.05) is 37.6 Å². The van der Waals surface area contributed by atoms with Crippen LogP contribution in [0.15, 0.2) is 16.8 Å². The van der Waals surface area contributed by atoms with Gasteiger partial charge in [-0.3, -0.25) is 0 Å². The van der Waals surface area contributed by atoms with E-state index in [1.807, 2.05) is 0 Å². The summed E-state index contributed by atoms with van der Waals surface area (Å²) in [6.07, 6.45) is 7.51. The number of hydrogen-bond acceptors (Lipinski definition) is 2. The fraction of sp³-hybridized carbons (Fsp3) is 0.812. The Kier molecular flexibility index (Phi) is 3.84. The lowest BCUT2D eigenvalue weighted by Gasteiger charge is -2.44. The average Bonchev–Trinajstić information content (AvgIpc) is 2.69. The van der Waals surface area contributed by atoms with E-state index < -0.39 is 0 Å². The van der Waals surface area contributed by atoms with Gasteiger partial charge >= 0.3 is 0 Å². The third-order valence-electron chi connectivity index (χ3n) is 5.05. The standard InChI is InChI=1S/C16H27NO/c1-11(2)14-7-6-13(4)16(15(14)17-18-5)9-8-12(3)10-16/h10-11,13-14H,6-9H2,1-5H3/b17-15+/t13-,14?,16+/m1/s1. The molecule has 0 saturated heterocycles. The number of nitrogens with zero attached hydrogens (tertiary/aromatic N) is 1. The van der Waals surface area contributed by atoms with E-state index in [0.29, 0.717) is 17.8 Å². The van der Waals surface area contributed by atoms with Crippen LogP contribution in [0.2, 0.25) is 0 Å². The predicted molar refractivity (Wildman–Crippen MR) is 76.6 cm³/mol. The molecule has 1 saturated carbocycles. The van der Waals surface area contributed by atoms with Crippen molar-refractivity contribution in [2.75, 3.05) is 7.11 Å².